The minimum absolute atomic E-state index is 0.103. The van der Waals surface area contributed by atoms with Gasteiger partial charge in [-0.05, 0) is 29.3 Å². The van der Waals surface area contributed by atoms with Gasteiger partial charge in [0, 0.05) is 16.6 Å². The summed E-state index contributed by atoms with van der Waals surface area (Å²) in [7, 11) is 0. The van der Waals surface area contributed by atoms with Crippen molar-refractivity contribution in [1.29, 1.82) is 0 Å². The average molecular weight is 403 g/mol. The third-order valence-corrected chi connectivity index (χ3v) is 4.99. The fraction of sp³-hybridized carbons (Fsp3) is 0.0833. The molecule has 0 fully saturated rings. The summed E-state index contributed by atoms with van der Waals surface area (Å²) in [6.45, 7) is 0.809. The summed E-state index contributed by atoms with van der Waals surface area (Å²) in [5.74, 6) is -0.103. The van der Waals surface area contributed by atoms with Crippen molar-refractivity contribution in [3.63, 3.8) is 0 Å². The molecule has 4 rings (SSSR count). The van der Waals surface area contributed by atoms with E-state index in [0.29, 0.717) is 29.0 Å². The summed E-state index contributed by atoms with van der Waals surface area (Å²) in [5.41, 5.74) is 2.51. The Morgan fingerprint density at radius 3 is 2.28 bits per heavy atom. The number of rotatable bonds is 5. The summed E-state index contributed by atoms with van der Waals surface area (Å²) in [6, 6.07) is 24.6. The topological polar surface area (TPSA) is 54.6 Å². The molecule has 0 saturated carbocycles. The molecular weight excluding hydrogens is 384 g/mol. The van der Waals surface area contributed by atoms with Gasteiger partial charge in [0.25, 0.3) is 5.56 Å². The van der Waals surface area contributed by atoms with E-state index in [2.05, 4.69) is 4.99 Å². The zero-order valence-electron chi connectivity index (χ0n) is 15.6. The van der Waals surface area contributed by atoms with Crippen molar-refractivity contribution in [2.45, 2.75) is 13.1 Å². The van der Waals surface area contributed by atoms with E-state index in [1.165, 1.54) is 6.21 Å². The Hall–Kier alpha value is -3.37. The first kappa shape index (κ1) is 19.0. The molecule has 0 radical (unpaired) electrons. The van der Waals surface area contributed by atoms with Gasteiger partial charge in [0.15, 0.2) is 0 Å². The van der Waals surface area contributed by atoms with Crippen LogP contribution in [-0.2, 0) is 13.1 Å². The van der Waals surface area contributed by atoms with Crippen molar-refractivity contribution in [3.05, 3.63) is 111 Å². The van der Waals surface area contributed by atoms with Gasteiger partial charge in [-0.3, -0.25) is 9.79 Å². The number of halogens is 1. The molecule has 0 saturated heterocycles. The molecule has 4 nitrogen and oxygen atoms in total. The van der Waals surface area contributed by atoms with Gasteiger partial charge in [-0.1, -0.05) is 72.3 Å². The van der Waals surface area contributed by atoms with E-state index in [0.717, 1.165) is 11.1 Å². The number of fused-ring (bicyclic) bond motifs is 1. The monoisotopic (exact) mass is 402 g/mol. The van der Waals surface area contributed by atoms with Gasteiger partial charge < -0.3 is 9.67 Å². The third kappa shape index (κ3) is 4.08. The van der Waals surface area contributed by atoms with Crippen molar-refractivity contribution < 1.29 is 5.11 Å². The standard InChI is InChI=1S/C24H19ClN2O2/c25-19-11-12-22-20(13-19)23(28)21(15-26-14-17-7-3-1-4-8-17)24(29)27(22)16-18-9-5-2-6-10-18/h1-13,15,28H,14,16H2. The molecule has 0 spiro atoms. The van der Waals surface area contributed by atoms with Gasteiger partial charge in [0.05, 0.1) is 18.6 Å². The number of aliphatic imine (C=N–C) groups is 1. The molecule has 1 N–H and O–H groups in total. The minimum atomic E-state index is -0.294. The quantitative estimate of drug-likeness (QED) is 0.476. The predicted octanol–water partition coefficient (Wildman–Crippen LogP) is 5.03. The van der Waals surface area contributed by atoms with E-state index in [-0.39, 0.29) is 16.9 Å². The fourth-order valence-corrected chi connectivity index (χ4v) is 3.47. The van der Waals surface area contributed by atoms with E-state index < -0.39 is 0 Å². The molecule has 5 heteroatoms. The zero-order valence-corrected chi connectivity index (χ0v) is 16.4. The molecule has 144 valence electrons. The highest BCUT2D eigenvalue weighted by Crippen LogP contribution is 2.28. The Labute approximate surface area is 173 Å². The van der Waals surface area contributed by atoms with Crippen molar-refractivity contribution in [1.82, 2.24) is 4.57 Å². The first-order valence-corrected chi connectivity index (χ1v) is 9.64. The van der Waals surface area contributed by atoms with Gasteiger partial charge in [-0.15, -0.1) is 0 Å². The van der Waals surface area contributed by atoms with Crippen LogP contribution in [-0.4, -0.2) is 15.9 Å². The second-order valence-electron chi connectivity index (χ2n) is 6.76. The highest BCUT2D eigenvalue weighted by Gasteiger charge is 2.15. The van der Waals surface area contributed by atoms with Crippen LogP contribution in [0.1, 0.15) is 16.7 Å². The molecular formula is C24H19ClN2O2. The maximum atomic E-state index is 13.2. The van der Waals surface area contributed by atoms with Crippen LogP contribution < -0.4 is 5.56 Å². The lowest BCUT2D eigenvalue weighted by atomic mass is 10.1. The van der Waals surface area contributed by atoms with E-state index in [1.807, 2.05) is 60.7 Å². The van der Waals surface area contributed by atoms with Gasteiger partial charge >= 0.3 is 0 Å². The summed E-state index contributed by atoms with van der Waals surface area (Å²) >= 11 is 6.15. The molecule has 0 amide bonds. The normalized spacial score (nSPS) is 11.3. The number of hydrogen-bond donors (Lipinski definition) is 1. The van der Waals surface area contributed by atoms with Crippen LogP contribution in [0.4, 0.5) is 0 Å². The Morgan fingerprint density at radius 1 is 0.931 bits per heavy atom. The van der Waals surface area contributed by atoms with E-state index in [9.17, 15) is 9.90 Å². The summed E-state index contributed by atoms with van der Waals surface area (Å²) in [5, 5.41) is 11.8. The number of aromatic hydroxyl groups is 1. The van der Waals surface area contributed by atoms with E-state index >= 15 is 0 Å². The maximum absolute atomic E-state index is 13.2. The van der Waals surface area contributed by atoms with Crippen molar-refractivity contribution in [3.8, 4) is 5.75 Å². The molecule has 1 heterocycles. The zero-order chi connectivity index (χ0) is 20.2. The van der Waals surface area contributed by atoms with Gasteiger partial charge in [0.1, 0.15) is 11.3 Å². The highest BCUT2D eigenvalue weighted by atomic mass is 35.5. The van der Waals surface area contributed by atoms with Crippen LogP contribution in [0.25, 0.3) is 10.9 Å². The molecule has 0 aliphatic rings. The molecule has 0 aliphatic carbocycles. The van der Waals surface area contributed by atoms with Crippen LogP contribution in [0, 0.1) is 0 Å². The Bertz CT molecular complexity index is 1230. The molecule has 0 bridgehead atoms. The lowest BCUT2D eigenvalue weighted by Crippen LogP contribution is -2.25. The largest absolute Gasteiger partial charge is 0.506 e. The van der Waals surface area contributed by atoms with Crippen LogP contribution in [0.15, 0.2) is 88.6 Å². The SMILES string of the molecule is O=c1c(C=NCc2ccccc2)c(O)c2cc(Cl)ccc2n1Cc1ccccc1. The average Bonchev–Trinajstić information content (AvgIpc) is 2.75. The third-order valence-electron chi connectivity index (χ3n) is 4.76. The van der Waals surface area contributed by atoms with Crippen molar-refractivity contribution in [2.75, 3.05) is 0 Å². The van der Waals surface area contributed by atoms with E-state index in [1.54, 1.807) is 22.8 Å². The lowest BCUT2D eigenvalue weighted by molar-refractivity contribution is 0.478. The van der Waals surface area contributed by atoms with Gasteiger partial charge in [-0.2, -0.15) is 0 Å². The summed E-state index contributed by atoms with van der Waals surface area (Å²) < 4.78 is 1.64. The molecule has 3 aromatic carbocycles. The molecule has 0 atom stereocenters. The minimum Gasteiger partial charge on any atom is -0.506 e. The van der Waals surface area contributed by atoms with Gasteiger partial charge in [-0.25, -0.2) is 0 Å². The Balaban J connectivity index is 1.82. The van der Waals surface area contributed by atoms with Crippen LogP contribution in [0.5, 0.6) is 5.75 Å². The first-order valence-electron chi connectivity index (χ1n) is 9.26. The molecule has 0 aliphatic heterocycles. The smallest absolute Gasteiger partial charge is 0.263 e. The molecule has 0 unspecified atom stereocenters. The summed E-state index contributed by atoms with van der Waals surface area (Å²) in [4.78, 5) is 17.6. The van der Waals surface area contributed by atoms with Crippen LogP contribution in [0.2, 0.25) is 5.02 Å². The second-order valence-corrected chi connectivity index (χ2v) is 7.19. The van der Waals surface area contributed by atoms with Crippen molar-refractivity contribution in [2.24, 2.45) is 4.99 Å². The highest BCUT2D eigenvalue weighted by molar-refractivity contribution is 6.31. The van der Waals surface area contributed by atoms with E-state index in [4.69, 9.17) is 11.6 Å². The molecule has 1 aromatic heterocycles. The Morgan fingerprint density at radius 2 is 1.59 bits per heavy atom. The summed E-state index contributed by atoms with van der Waals surface area (Å²) in [6.07, 6.45) is 1.45. The fourth-order valence-electron chi connectivity index (χ4n) is 3.30. The Kier molecular flexibility index (Phi) is 5.45. The second kappa shape index (κ2) is 8.33. The lowest BCUT2D eigenvalue weighted by Gasteiger charge is -2.14. The predicted molar refractivity (Wildman–Crippen MR) is 118 cm³/mol. The number of nitrogens with zero attached hydrogens (tertiary/aromatic N) is 2. The van der Waals surface area contributed by atoms with Crippen LogP contribution in [0.3, 0.4) is 0 Å². The first-order chi connectivity index (χ1) is 14.1. The molecule has 4 aromatic rings. The maximum Gasteiger partial charge on any atom is 0.263 e. The number of hydrogen-bond acceptors (Lipinski definition) is 3. The number of pyridine rings is 1. The van der Waals surface area contributed by atoms with Gasteiger partial charge in [0.2, 0.25) is 0 Å². The van der Waals surface area contributed by atoms with Crippen molar-refractivity contribution >= 4 is 28.7 Å². The van der Waals surface area contributed by atoms with Crippen LogP contribution >= 0.6 is 11.6 Å². The number of aromatic nitrogens is 1. The number of benzene rings is 3. The molecule has 29 heavy (non-hydrogen) atoms.